The van der Waals surface area contributed by atoms with Crippen LogP contribution in [-0.2, 0) is 35.6 Å². The molecule has 156 valence electrons. The normalized spacial score (nSPS) is 24.0. The first-order valence-electron chi connectivity index (χ1n) is 8.84. The molecule has 0 aliphatic carbocycles. The highest BCUT2D eigenvalue weighted by Crippen LogP contribution is 2.34. The van der Waals surface area contributed by atoms with Crippen molar-refractivity contribution < 1.29 is 33.3 Å². The fourth-order valence-electron chi connectivity index (χ4n) is 3.03. The summed E-state index contributed by atoms with van der Waals surface area (Å²) < 4.78 is 23.7. The molecule has 0 spiro atoms. The lowest BCUT2D eigenvalue weighted by Crippen LogP contribution is -2.55. The van der Waals surface area contributed by atoms with E-state index < -0.39 is 41.7 Å². The zero-order chi connectivity index (χ0) is 21.1. The molecule has 3 rings (SSSR count). The minimum atomic E-state index is -0.992. The van der Waals surface area contributed by atoms with Crippen molar-refractivity contribution in [3.05, 3.63) is 18.2 Å². The Bertz CT molecular complexity index is 931. The van der Waals surface area contributed by atoms with Gasteiger partial charge >= 0.3 is 17.9 Å². The van der Waals surface area contributed by atoms with Crippen molar-refractivity contribution in [1.82, 2.24) is 15.0 Å². The number of thioether (sulfide) groups is 1. The molecule has 1 aromatic heterocycles. The fourth-order valence-corrected chi connectivity index (χ4v) is 4.24. The maximum absolute atomic E-state index is 11.7. The van der Waals surface area contributed by atoms with E-state index in [1.165, 1.54) is 32.5 Å². The van der Waals surface area contributed by atoms with Crippen molar-refractivity contribution in [1.29, 1.82) is 0 Å². The third-order valence-corrected chi connectivity index (χ3v) is 5.35. The lowest BCUT2D eigenvalue weighted by molar-refractivity contribution is -0.186. The van der Waals surface area contributed by atoms with E-state index in [9.17, 15) is 14.4 Å². The summed E-state index contributed by atoms with van der Waals surface area (Å²) in [5.74, 6) is -0.878. The van der Waals surface area contributed by atoms with Crippen LogP contribution in [0.4, 0.5) is 0 Å². The van der Waals surface area contributed by atoms with Crippen LogP contribution in [0.3, 0.4) is 0 Å². The average molecular weight is 423 g/mol. The predicted octanol–water partition coefficient (Wildman–Crippen LogP) is 1.22. The standard InChI is InChI=1S/C18H21N3O7S/c1-9(22)25-15-8-29-18(17(27-11(3)24)16(15)26-10(2)23)28-12-5-6-13-14(7-12)21(4)20-19-13/h5-7,15-18H,8H2,1-4H3/t15-,16+,17-,18-/m1/s1. The Morgan fingerprint density at radius 2 is 1.69 bits per heavy atom. The molecule has 10 nitrogen and oxygen atoms in total. The molecule has 29 heavy (non-hydrogen) atoms. The zero-order valence-corrected chi connectivity index (χ0v) is 17.2. The largest absolute Gasteiger partial charge is 0.476 e. The number of hydrogen-bond donors (Lipinski definition) is 0. The molecule has 0 N–H and O–H groups in total. The Morgan fingerprint density at radius 1 is 1.03 bits per heavy atom. The van der Waals surface area contributed by atoms with Crippen molar-refractivity contribution in [2.75, 3.05) is 5.75 Å². The van der Waals surface area contributed by atoms with Crippen LogP contribution in [-0.4, -0.2) is 62.4 Å². The van der Waals surface area contributed by atoms with Crippen LogP contribution in [0, 0.1) is 0 Å². The SMILES string of the molecule is CC(=O)O[C@@H]1[C@@H](OC(C)=O)[C@H](OC(C)=O)CS[C@H]1Oc1ccc2nnn(C)c2c1. The summed E-state index contributed by atoms with van der Waals surface area (Å²) in [5.41, 5.74) is 0.788. The van der Waals surface area contributed by atoms with Gasteiger partial charge in [-0.3, -0.25) is 14.4 Å². The molecule has 11 heteroatoms. The highest BCUT2D eigenvalue weighted by atomic mass is 32.2. The van der Waals surface area contributed by atoms with Crippen molar-refractivity contribution in [3.63, 3.8) is 0 Å². The molecule has 0 unspecified atom stereocenters. The minimum absolute atomic E-state index is 0.301. The first kappa shape index (κ1) is 20.9. The second-order valence-corrected chi connectivity index (χ2v) is 7.61. The number of ether oxygens (including phenoxy) is 4. The van der Waals surface area contributed by atoms with E-state index >= 15 is 0 Å². The van der Waals surface area contributed by atoms with E-state index in [4.69, 9.17) is 18.9 Å². The molecular formula is C18H21N3O7S. The number of aryl methyl sites for hydroxylation is 1. The summed E-state index contributed by atoms with van der Waals surface area (Å²) in [6.07, 6.45) is -2.73. The number of benzene rings is 1. The molecule has 1 aliphatic heterocycles. The summed E-state index contributed by atoms with van der Waals surface area (Å²) in [6.45, 7) is 3.74. The smallest absolute Gasteiger partial charge is 0.303 e. The van der Waals surface area contributed by atoms with E-state index in [2.05, 4.69) is 10.3 Å². The van der Waals surface area contributed by atoms with Gasteiger partial charge < -0.3 is 18.9 Å². The van der Waals surface area contributed by atoms with Gasteiger partial charge in [0, 0.05) is 39.6 Å². The van der Waals surface area contributed by atoms with Crippen LogP contribution in [0.1, 0.15) is 20.8 Å². The van der Waals surface area contributed by atoms with Gasteiger partial charge in [-0.05, 0) is 12.1 Å². The molecule has 4 atom stereocenters. The van der Waals surface area contributed by atoms with Gasteiger partial charge in [0.15, 0.2) is 23.7 Å². The molecule has 1 fully saturated rings. The molecule has 0 amide bonds. The lowest BCUT2D eigenvalue weighted by Gasteiger charge is -2.39. The van der Waals surface area contributed by atoms with Gasteiger partial charge in [-0.15, -0.1) is 16.9 Å². The van der Waals surface area contributed by atoms with Crippen LogP contribution < -0.4 is 4.74 Å². The number of hydrogen-bond acceptors (Lipinski definition) is 10. The van der Waals surface area contributed by atoms with E-state index in [-0.39, 0.29) is 0 Å². The van der Waals surface area contributed by atoms with Gasteiger partial charge in [0.1, 0.15) is 11.3 Å². The number of rotatable bonds is 5. The molecule has 1 aromatic carbocycles. The maximum atomic E-state index is 11.7. The van der Waals surface area contributed by atoms with E-state index in [0.717, 1.165) is 5.52 Å². The summed E-state index contributed by atoms with van der Waals surface area (Å²) in [7, 11) is 1.76. The van der Waals surface area contributed by atoms with Crippen molar-refractivity contribution >= 4 is 40.7 Å². The Kier molecular flexibility index (Phi) is 6.26. The number of fused-ring (bicyclic) bond motifs is 1. The van der Waals surface area contributed by atoms with E-state index in [1.807, 2.05) is 0 Å². The minimum Gasteiger partial charge on any atom is -0.476 e. The summed E-state index contributed by atoms with van der Waals surface area (Å²) in [4.78, 5) is 34.8. The number of nitrogens with zero attached hydrogens (tertiary/aromatic N) is 3. The molecule has 2 heterocycles. The van der Waals surface area contributed by atoms with Gasteiger partial charge in [0.25, 0.3) is 0 Å². The Hall–Kier alpha value is -2.82. The molecule has 1 aliphatic rings. The van der Waals surface area contributed by atoms with Crippen LogP contribution >= 0.6 is 11.8 Å². The number of carbonyl (C=O) groups is 3. The van der Waals surface area contributed by atoms with Crippen LogP contribution in [0.5, 0.6) is 5.75 Å². The predicted molar refractivity (Wildman–Crippen MR) is 102 cm³/mol. The second kappa shape index (κ2) is 8.68. The second-order valence-electron chi connectivity index (χ2n) is 6.48. The zero-order valence-electron chi connectivity index (χ0n) is 16.4. The third-order valence-electron chi connectivity index (χ3n) is 4.14. The van der Waals surface area contributed by atoms with Gasteiger partial charge in [-0.1, -0.05) is 5.21 Å². The Labute approximate surface area is 170 Å². The maximum Gasteiger partial charge on any atom is 0.303 e. The summed E-state index contributed by atoms with van der Waals surface area (Å²) >= 11 is 1.29. The number of carbonyl (C=O) groups excluding carboxylic acids is 3. The van der Waals surface area contributed by atoms with Gasteiger partial charge in [-0.2, -0.15) is 0 Å². The summed E-state index contributed by atoms with van der Waals surface area (Å²) in [5, 5.41) is 7.97. The topological polar surface area (TPSA) is 119 Å². The van der Waals surface area contributed by atoms with Crippen LogP contribution in [0.15, 0.2) is 18.2 Å². The monoisotopic (exact) mass is 423 g/mol. The van der Waals surface area contributed by atoms with E-state index in [1.54, 1.807) is 29.9 Å². The molecule has 0 bridgehead atoms. The quantitative estimate of drug-likeness (QED) is 0.513. The van der Waals surface area contributed by atoms with Gasteiger partial charge in [0.2, 0.25) is 0 Å². The lowest BCUT2D eigenvalue weighted by atomic mass is 10.1. The van der Waals surface area contributed by atoms with Crippen LogP contribution in [0.2, 0.25) is 0 Å². The first-order chi connectivity index (χ1) is 13.7. The average Bonchev–Trinajstić information content (AvgIpc) is 2.99. The van der Waals surface area contributed by atoms with Crippen molar-refractivity contribution in [2.45, 2.75) is 44.5 Å². The molecular weight excluding hydrogens is 402 g/mol. The number of aromatic nitrogens is 3. The van der Waals surface area contributed by atoms with Crippen LogP contribution in [0.25, 0.3) is 11.0 Å². The Morgan fingerprint density at radius 3 is 2.34 bits per heavy atom. The summed E-state index contributed by atoms with van der Waals surface area (Å²) in [6, 6.07) is 5.25. The molecule has 0 radical (unpaired) electrons. The number of esters is 3. The van der Waals surface area contributed by atoms with Gasteiger partial charge in [-0.25, -0.2) is 4.68 Å². The highest BCUT2D eigenvalue weighted by molar-refractivity contribution is 7.99. The highest BCUT2D eigenvalue weighted by Gasteiger charge is 2.47. The van der Waals surface area contributed by atoms with Gasteiger partial charge in [0.05, 0.1) is 5.52 Å². The van der Waals surface area contributed by atoms with E-state index in [0.29, 0.717) is 17.0 Å². The van der Waals surface area contributed by atoms with Crippen molar-refractivity contribution in [2.24, 2.45) is 7.05 Å². The molecule has 1 saturated heterocycles. The Balaban J connectivity index is 1.88. The first-order valence-corrected chi connectivity index (χ1v) is 9.89. The molecule has 2 aromatic rings. The fraction of sp³-hybridized carbons (Fsp3) is 0.500. The van der Waals surface area contributed by atoms with Crippen molar-refractivity contribution in [3.8, 4) is 5.75 Å². The molecule has 0 saturated carbocycles. The third kappa shape index (κ3) is 4.97.